The van der Waals surface area contributed by atoms with Crippen molar-refractivity contribution >= 4 is 67.1 Å². The summed E-state index contributed by atoms with van der Waals surface area (Å²) < 4.78 is 41.1. The number of thiazole rings is 1. The van der Waals surface area contributed by atoms with Crippen LogP contribution in [0.5, 0.6) is 5.75 Å². The van der Waals surface area contributed by atoms with E-state index in [1.165, 1.54) is 19.2 Å². The standard InChI is InChI=1S/C26H30N8O10S2/c1-26(2)21(23(36)34(26)44-46(39,40)41)32-22(35)20(17-12-45-25(27)31-17)33-43-18(24(37)38)11-42-15-4-5-16-13(9-15)3-6-19(30-16)29-14-7-8-28-10-14/h3-6,9,12,14,18,21,28H,7-8,10-11H2,1-2H3,(H2,27,31)(H,29,30)(H,32,35)(H,37,38)(H,39,40,41)/b33-20-/t14-,18-,21+/m0/s1. The SMILES string of the molecule is CC1(C)[C@H](NC(=O)/C(=N\O[C@@H](COc2ccc3nc(N[C@H]4CCNC4)ccc3c2)C(=O)O)c2csc(N)n2)C(=O)N1OS(=O)(=O)O. The van der Waals surface area contributed by atoms with E-state index in [4.69, 9.17) is 19.9 Å². The lowest BCUT2D eigenvalue weighted by Gasteiger charge is -2.50. The number of nitrogens with two attached hydrogens (primary N) is 1. The van der Waals surface area contributed by atoms with Gasteiger partial charge < -0.3 is 36.4 Å². The van der Waals surface area contributed by atoms with Crippen LogP contribution in [0.15, 0.2) is 40.9 Å². The fourth-order valence-electron chi connectivity index (χ4n) is 4.72. The van der Waals surface area contributed by atoms with Crippen molar-refractivity contribution in [3.63, 3.8) is 0 Å². The van der Waals surface area contributed by atoms with Crippen molar-refractivity contribution in [1.29, 1.82) is 0 Å². The van der Waals surface area contributed by atoms with Crippen molar-refractivity contribution in [2.24, 2.45) is 5.16 Å². The van der Waals surface area contributed by atoms with E-state index in [2.05, 4.69) is 35.4 Å². The number of hydrogen-bond donors (Lipinski definition) is 6. The molecular formula is C26H30N8O10S2. The predicted molar refractivity (Wildman–Crippen MR) is 163 cm³/mol. The van der Waals surface area contributed by atoms with Gasteiger partial charge in [0.1, 0.15) is 29.9 Å². The minimum atomic E-state index is -5.01. The van der Waals surface area contributed by atoms with Crippen LogP contribution in [-0.4, -0.2) is 100 Å². The molecule has 18 nitrogen and oxygen atoms in total. The van der Waals surface area contributed by atoms with Crippen LogP contribution >= 0.6 is 11.3 Å². The summed E-state index contributed by atoms with van der Waals surface area (Å²) in [6.07, 6.45) is -0.681. The van der Waals surface area contributed by atoms with Gasteiger partial charge in [-0.05, 0) is 57.1 Å². The molecule has 0 aliphatic carbocycles. The number of nitrogen functional groups attached to an aromatic ring is 1. The molecule has 4 heterocycles. The third-order valence-corrected chi connectivity index (χ3v) is 8.13. The molecule has 0 unspecified atom stereocenters. The van der Waals surface area contributed by atoms with Gasteiger partial charge in [0.15, 0.2) is 10.8 Å². The molecule has 2 aliphatic rings. The van der Waals surface area contributed by atoms with E-state index in [0.717, 1.165) is 42.1 Å². The summed E-state index contributed by atoms with van der Waals surface area (Å²) in [6, 6.07) is 7.73. The van der Waals surface area contributed by atoms with Crippen LogP contribution in [0.25, 0.3) is 10.9 Å². The number of oxime groups is 1. The lowest BCUT2D eigenvalue weighted by Crippen LogP contribution is -2.76. The first kappa shape index (κ1) is 32.8. The zero-order valence-corrected chi connectivity index (χ0v) is 26.0. The Morgan fingerprint density at radius 3 is 2.70 bits per heavy atom. The van der Waals surface area contributed by atoms with Crippen LogP contribution in [0.2, 0.25) is 0 Å². The highest BCUT2D eigenvalue weighted by molar-refractivity contribution is 7.80. The number of benzene rings is 1. The normalized spacial score (nSPS) is 20.2. The number of aliphatic carboxylic acids is 1. The number of β-lactam (4-membered cyclic amide) rings is 1. The Morgan fingerprint density at radius 1 is 1.28 bits per heavy atom. The number of hydrogen-bond acceptors (Lipinski definition) is 15. The monoisotopic (exact) mass is 678 g/mol. The van der Waals surface area contributed by atoms with Crippen molar-refractivity contribution in [2.45, 2.75) is 44.0 Å². The molecule has 46 heavy (non-hydrogen) atoms. The van der Waals surface area contributed by atoms with Gasteiger partial charge in [0.2, 0.25) is 0 Å². The van der Waals surface area contributed by atoms with Gasteiger partial charge >= 0.3 is 16.4 Å². The number of carboxylic acids is 1. The fourth-order valence-corrected chi connectivity index (χ4v) is 5.72. The molecule has 2 aliphatic heterocycles. The maximum Gasteiger partial charge on any atom is 0.418 e. The number of hydroxylamine groups is 2. The first-order chi connectivity index (χ1) is 21.7. The topological polar surface area (TPSA) is 257 Å². The Hall–Kier alpha value is -4.63. The Balaban J connectivity index is 1.27. The second-order valence-electron chi connectivity index (χ2n) is 10.8. The summed E-state index contributed by atoms with van der Waals surface area (Å²) in [7, 11) is -5.01. The number of carbonyl (C=O) groups excluding carboxylic acids is 2. The lowest BCUT2D eigenvalue weighted by molar-refractivity contribution is -0.218. The number of anilines is 2. The minimum Gasteiger partial charge on any atom is -0.489 e. The number of carboxylic acid groups (broad SMARTS) is 1. The number of fused-ring (bicyclic) bond motifs is 1. The fraction of sp³-hybridized carbons (Fsp3) is 0.385. The molecule has 3 aromatic rings. The Labute approximate surface area is 265 Å². The van der Waals surface area contributed by atoms with Crippen molar-refractivity contribution in [2.75, 3.05) is 30.7 Å². The van der Waals surface area contributed by atoms with Gasteiger partial charge in [-0.1, -0.05) is 5.16 Å². The highest BCUT2D eigenvalue weighted by Gasteiger charge is 2.58. The Bertz CT molecular complexity index is 1790. The quantitative estimate of drug-likeness (QED) is 0.0608. The summed E-state index contributed by atoms with van der Waals surface area (Å²) >= 11 is 0.961. The molecule has 20 heteroatoms. The van der Waals surface area contributed by atoms with Crippen molar-refractivity contribution < 1.29 is 46.3 Å². The highest BCUT2D eigenvalue weighted by Crippen LogP contribution is 2.33. The molecular weight excluding hydrogens is 648 g/mol. The average molecular weight is 679 g/mol. The van der Waals surface area contributed by atoms with Gasteiger partial charge in [0.05, 0.1) is 11.1 Å². The van der Waals surface area contributed by atoms with E-state index in [0.29, 0.717) is 22.4 Å². The first-order valence-electron chi connectivity index (χ1n) is 13.7. The molecule has 2 fully saturated rings. The smallest absolute Gasteiger partial charge is 0.418 e. The molecule has 1 aromatic carbocycles. The van der Waals surface area contributed by atoms with Gasteiger partial charge in [0.25, 0.3) is 17.9 Å². The van der Waals surface area contributed by atoms with Crippen LogP contribution < -0.4 is 26.4 Å². The van der Waals surface area contributed by atoms with Crippen molar-refractivity contribution in [1.82, 2.24) is 25.7 Å². The molecule has 5 rings (SSSR count). The van der Waals surface area contributed by atoms with Gasteiger partial charge in [-0.25, -0.2) is 14.8 Å². The zero-order chi connectivity index (χ0) is 33.2. The number of rotatable bonds is 13. The molecule has 2 amide bonds. The van der Waals surface area contributed by atoms with Gasteiger partial charge in [-0.3, -0.25) is 14.1 Å². The first-order valence-corrected chi connectivity index (χ1v) is 16.0. The van der Waals surface area contributed by atoms with Crippen LogP contribution in [0.4, 0.5) is 10.9 Å². The van der Waals surface area contributed by atoms with E-state index >= 15 is 0 Å². The van der Waals surface area contributed by atoms with E-state index in [9.17, 15) is 27.9 Å². The van der Waals surface area contributed by atoms with Crippen LogP contribution in [-0.2, 0) is 33.9 Å². The molecule has 0 bridgehead atoms. The van der Waals surface area contributed by atoms with E-state index in [1.54, 1.807) is 18.2 Å². The number of carbonyl (C=O) groups is 3. The summed E-state index contributed by atoms with van der Waals surface area (Å²) in [5.41, 5.74) is 4.37. The number of nitrogens with zero attached hydrogens (tertiary/aromatic N) is 4. The Morgan fingerprint density at radius 2 is 2.07 bits per heavy atom. The zero-order valence-electron chi connectivity index (χ0n) is 24.4. The second kappa shape index (κ2) is 13.0. The minimum absolute atomic E-state index is 0.0608. The summed E-state index contributed by atoms with van der Waals surface area (Å²) in [5, 5.41) is 25.1. The number of nitrogens with one attached hydrogen (secondary N) is 3. The molecule has 2 aromatic heterocycles. The maximum atomic E-state index is 13.2. The van der Waals surface area contributed by atoms with Crippen molar-refractivity contribution in [3.05, 3.63) is 41.4 Å². The van der Waals surface area contributed by atoms with Crippen LogP contribution in [0.1, 0.15) is 26.0 Å². The highest BCUT2D eigenvalue weighted by atomic mass is 32.3. The maximum absolute atomic E-state index is 13.2. The third-order valence-electron chi connectivity index (χ3n) is 7.12. The van der Waals surface area contributed by atoms with Gasteiger partial charge in [-0.15, -0.1) is 15.6 Å². The van der Waals surface area contributed by atoms with Crippen molar-refractivity contribution in [3.8, 4) is 5.75 Å². The number of ether oxygens (including phenoxy) is 1. The molecule has 7 N–H and O–H groups in total. The number of pyridine rings is 1. The number of amides is 2. The van der Waals surface area contributed by atoms with Crippen LogP contribution in [0.3, 0.4) is 0 Å². The predicted octanol–water partition coefficient (Wildman–Crippen LogP) is 0.140. The number of aromatic nitrogens is 2. The second-order valence-corrected chi connectivity index (χ2v) is 12.7. The average Bonchev–Trinajstić information content (AvgIpc) is 3.67. The van der Waals surface area contributed by atoms with Crippen LogP contribution in [0, 0.1) is 0 Å². The van der Waals surface area contributed by atoms with Gasteiger partial charge in [-0.2, -0.15) is 13.5 Å². The van der Waals surface area contributed by atoms with Gasteiger partial charge in [0, 0.05) is 23.4 Å². The van der Waals surface area contributed by atoms with E-state index in [-0.39, 0.29) is 10.8 Å². The largest absolute Gasteiger partial charge is 0.489 e. The van der Waals surface area contributed by atoms with E-state index in [1.807, 2.05) is 12.1 Å². The summed E-state index contributed by atoms with van der Waals surface area (Å²) in [6.45, 7) is 4.03. The molecule has 2 saturated heterocycles. The molecule has 3 atom stereocenters. The van der Waals surface area contributed by atoms with E-state index < -0.39 is 58.2 Å². The molecule has 0 radical (unpaired) electrons. The third kappa shape index (κ3) is 7.42. The molecule has 246 valence electrons. The lowest BCUT2D eigenvalue weighted by atomic mass is 9.84. The molecule has 0 saturated carbocycles. The summed E-state index contributed by atoms with van der Waals surface area (Å²) in [4.78, 5) is 51.5. The molecule has 0 spiro atoms. The Kier molecular flexibility index (Phi) is 9.26. The summed E-state index contributed by atoms with van der Waals surface area (Å²) in [5.74, 6) is -2.39.